The van der Waals surface area contributed by atoms with Crippen LogP contribution in [0.3, 0.4) is 0 Å². The minimum absolute atomic E-state index is 0.0417. The first-order chi connectivity index (χ1) is 8.09. The average molecular weight is 236 g/mol. The normalized spacial score (nSPS) is 23.4. The summed E-state index contributed by atoms with van der Waals surface area (Å²) in [6, 6.07) is 10.6. The Morgan fingerprint density at radius 3 is 2.06 bits per heavy atom. The molecule has 0 bridgehead atoms. The molecule has 3 nitrogen and oxygen atoms in total. The molecule has 0 radical (unpaired) electrons. The van der Waals surface area contributed by atoms with Crippen LogP contribution in [0.5, 0.6) is 0 Å². The molecule has 1 aliphatic carbocycles. The van der Waals surface area contributed by atoms with E-state index in [9.17, 15) is 5.11 Å². The zero-order valence-corrected chi connectivity index (χ0v) is 10.2. The van der Waals surface area contributed by atoms with E-state index in [0.29, 0.717) is 5.92 Å². The van der Waals surface area contributed by atoms with Gasteiger partial charge in [-0.15, -0.1) is 0 Å². The second kappa shape index (κ2) is 7.07. The van der Waals surface area contributed by atoms with Gasteiger partial charge in [-0.2, -0.15) is 0 Å². The monoisotopic (exact) mass is 236 g/mol. The standard InChI is InChI=1S/C12H16O.C2H4O2/c13-12-8-6-11(7-9-12)10-4-2-1-3-5-10;1-2(3)4/h1-5,11-13H,6-9H2;1H3,(H,3,4). The summed E-state index contributed by atoms with van der Waals surface area (Å²) in [5.41, 5.74) is 1.44. The lowest BCUT2D eigenvalue weighted by Crippen LogP contribution is -2.16. The number of benzene rings is 1. The largest absolute Gasteiger partial charge is 0.481 e. The number of carbonyl (C=O) groups is 1. The number of hydrogen-bond acceptors (Lipinski definition) is 2. The van der Waals surface area contributed by atoms with Crippen molar-refractivity contribution in [1.82, 2.24) is 0 Å². The highest BCUT2D eigenvalue weighted by Crippen LogP contribution is 2.32. The molecule has 1 aliphatic rings. The van der Waals surface area contributed by atoms with Crippen molar-refractivity contribution in [3.8, 4) is 0 Å². The van der Waals surface area contributed by atoms with E-state index in [1.807, 2.05) is 0 Å². The summed E-state index contributed by atoms with van der Waals surface area (Å²) in [7, 11) is 0. The van der Waals surface area contributed by atoms with Crippen LogP contribution in [-0.2, 0) is 4.79 Å². The Balaban J connectivity index is 0.000000317. The van der Waals surface area contributed by atoms with Crippen molar-refractivity contribution in [3.63, 3.8) is 0 Å². The van der Waals surface area contributed by atoms with Gasteiger partial charge in [0.1, 0.15) is 0 Å². The first-order valence-electron chi connectivity index (χ1n) is 6.02. The van der Waals surface area contributed by atoms with Crippen molar-refractivity contribution in [2.24, 2.45) is 0 Å². The summed E-state index contributed by atoms with van der Waals surface area (Å²) in [6.45, 7) is 1.08. The number of aliphatic carboxylic acids is 1. The molecule has 0 heterocycles. The smallest absolute Gasteiger partial charge is 0.300 e. The van der Waals surface area contributed by atoms with Gasteiger partial charge in [0.25, 0.3) is 5.97 Å². The average Bonchev–Trinajstić information content (AvgIpc) is 2.30. The van der Waals surface area contributed by atoms with Gasteiger partial charge in [0.15, 0.2) is 0 Å². The molecule has 0 atom stereocenters. The number of aliphatic hydroxyl groups excluding tert-OH is 1. The maximum Gasteiger partial charge on any atom is 0.300 e. The molecule has 1 fully saturated rings. The van der Waals surface area contributed by atoms with Gasteiger partial charge in [-0.05, 0) is 37.2 Å². The van der Waals surface area contributed by atoms with Gasteiger partial charge in [0.05, 0.1) is 6.10 Å². The van der Waals surface area contributed by atoms with Crippen LogP contribution in [0.25, 0.3) is 0 Å². The Bertz CT molecular complexity index is 323. The summed E-state index contributed by atoms with van der Waals surface area (Å²) in [6.07, 6.45) is 4.19. The van der Waals surface area contributed by atoms with Crippen LogP contribution >= 0.6 is 0 Å². The van der Waals surface area contributed by atoms with Crippen LogP contribution in [-0.4, -0.2) is 22.3 Å². The van der Waals surface area contributed by atoms with Crippen LogP contribution in [0.15, 0.2) is 30.3 Å². The molecule has 94 valence electrons. The van der Waals surface area contributed by atoms with Crippen molar-refractivity contribution in [1.29, 1.82) is 0 Å². The molecule has 0 unspecified atom stereocenters. The molecule has 0 amide bonds. The molecule has 0 aliphatic heterocycles. The lowest BCUT2D eigenvalue weighted by molar-refractivity contribution is -0.134. The number of aliphatic hydroxyl groups is 1. The SMILES string of the molecule is CC(=O)O.OC1CCC(c2ccccc2)CC1. The molecule has 0 saturated heterocycles. The maximum atomic E-state index is 9.37. The third-order valence-corrected chi connectivity index (χ3v) is 2.97. The molecule has 0 aromatic heterocycles. The first-order valence-corrected chi connectivity index (χ1v) is 6.02. The minimum Gasteiger partial charge on any atom is -0.481 e. The van der Waals surface area contributed by atoms with Gasteiger partial charge >= 0.3 is 0 Å². The van der Waals surface area contributed by atoms with Crippen molar-refractivity contribution < 1.29 is 15.0 Å². The van der Waals surface area contributed by atoms with Gasteiger partial charge in [-0.3, -0.25) is 4.79 Å². The topological polar surface area (TPSA) is 57.5 Å². The Hall–Kier alpha value is -1.35. The van der Waals surface area contributed by atoms with Crippen LogP contribution < -0.4 is 0 Å². The van der Waals surface area contributed by atoms with Crippen LogP contribution in [0.4, 0.5) is 0 Å². The first kappa shape index (κ1) is 13.7. The predicted molar refractivity (Wildman–Crippen MR) is 67.0 cm³/mol. The summed E-state index contributed by atoms with van der Waals surface area (Å²) in [5, 5.41) is 16.8. The fourth-order valence-electron chi connectivity index (χ4n) is 2.13. The zero-order chi connectivity index (χ0) is 12.7. The molecule has 3 heteroatoms. The van der Waals surface area contributed by atoms with Gasteiger partial charge in [-0.25, -0.2) is 0 Å². The van der Waals surface area contributed by atoms with E-state index in [4.69, 9.17) is 9.90 Å². The Morgan fingerprint density at radius 2 is 1.59 bits per heavy atom. The molecular weight excluding hydrogens is 216 g/mol. The summed E-state index contributed by atoms with van der Waals surface area (Å²) in [4.78, 5) is 9.00. The van der Waals surface area contributed by atoms with E-state index in [2.05, 4.69) is 30.3 Å². The highest BCUT2D eigenvalue weighted by molar-refractivity contribution is 5.62. The van der Waals surface area contributed by atoms with E-state index in [0.717, 1.165) is 32.6 Å². The Morgan fingerprint density at radius 1 is 1.12 bits per heavy atom. The van der Waals surface area contributed by atoms with Gasteiger partial charge in [0.2, 0.25) is 0 Å². The van der Waals surface area contributed by atoms with E-state index >= 15 is 0 Å². The summed E-state index contributed by atoms with van der Waals surface area (Å²) in [5.74, 6) is -0.149. The molecular formula is C14H20O3. The van der Waals surface area contributed by atoms with E-state index in [1.54, 1.807) is 0 Å². The highest BCUT2D eigenvalue weighted by atomic mass is 16.4. The van der Waals surface area contributed by atoms with Gasteiger partial charge in [0, 0.05) is 6.92 Å². The van der Waals surface area contributed by atoms with Crippen LogP contribution in [0.2, 0.25) is 0 Å². The summed E-state index contributed by atoms with van der Waals surface area (Å²) >= 11 is 0. The lowest BCUT2D eigenvalue weighted by Gasteiger charge is -2.25. The van der Waals surface area contributed by atoms with E-state index < -0.39 is 5.97 Å². The molecule has 17 heavy (non-hydrogen) atoms. The number of hydrogen-bond donors (Lipinski definition) is 2. The van der Waals surface area contributed by atoms with Crippen molar-refractivity contribution >= 4 is 5.97 Å². The maximum absolute atomic E-state index is 9.37. The molecule has 1 saturated carbocycles. The van der Waals surface area contributed by atoms with Crippen molar-refractivity contribution in [3.05, 3.63) is 35.9 Å². The molecule has 2 N–H and O–H groups in total. The molecule has 1 aromatic rings. The molecule has 2 rings (SSSR count). The van der Waals surface area contributed by atoms with Crippen LogP contribution in [0.1, 0.15) is 44.1 Å². The Labute approximate surface area is 102 Å². The number of rotatable bonds is 1. The predicted octanol–water partition coefficient (Wildman–Crippen LogP) is 2.80. The zero-order valence-electron chi connectivity index (χ0n) is 10.2. The third kappa shape index (κ3) is 5.50. The fraction of sp³-hybridized carbons (Fsp3) is 0.500. The van der Waals surface area contributed by atoms with Crippen molar-refractivity contribution in [2.45, 2.75) is 44.6 Å². The van der Waals surface area contributed by atoms with Crippen LogP contribution in [0, 0.1) is 0 Å². The second-order valence-electron chi connectivity index (χ2n) is 4.44. The highest BCUT2D eigenvalue weighted by Gasteiger charge is 2.19. The number of carboxylic acid groups (broad SMARTS) is 1. The lowest BCUT2D eigenvalue weighted by atomic mass is 9.83. The summed E-state index contributed by atoms with van der Waals surface area (Å²) < 4.78 is 0. The Kier molecular flexibility index (Phi) is 5.70. The third-order valence-electron chi connectivity index (χ3n) is 2.97. The van der Waals surface area contributed by atoms with E-state index in [1.165, 1.54) is 5.56 Å². The minimum atomic E-state index is -0.833. The quantitative estimate of drug-likeness (QED) is 0.788. The fourth-order valence-corrected chi connectivity index (χ4v) is 2.13. The van der Waals surface area contributed by atoms with Gasteiger partial charge < -0.3 is 10.2 Å². The van der Waals surface area contributed by atoms with Gasteiger partial charge in [-0.1, -0.05) is 30.3 Å². The molecule has 1 aromatic carbocycles. The van der Waals surface area contributed by atoms with Crippen molar-refractivity contribution in [2.75, 3.05) is 0 Å². The second-order valence-corrected chi connectivity index (χ2v) is 4.44. The number of carboxylic acids is 1. The molecule has 0 spiro atoms. The van der Waals surface area contributed by atoms with E-state index in [-0.39, 0.29) is 6.10 Å².